The van der Waals surface area contributed by atoms with Crippen molar-refractivity contribution in [3.05, 3.63) is 30.0 Å². The first-order valence-corrected chi connectivity index (χ1v) is 4.63. The van der Waals surface area contributed by atoms with Crippen LogP contribution in [0.2, 0.25) is 0 Å². The molecule has 2 aromatic rings. The Morgan fingerprint density at radius 1 is 1.31 bits per heavy atom. The summed E-state index contributed by atoms with van der Waals surface area (Å²) >= 11 is 0. The number of carboxylic acid groups (broad SMARTS) is 1. The van der Waals surface area contributed by atoms with E-state index in [0.29, 0.717) is 10.9 Å². The Labute approximate surface area is 90.1 Å². The lowest BCUT2D eigenvalue weighted by molar-refractivity contribution is -0.153. The molecule has 0 saturated carbocycles. The number of benzene rings is 1. The first-order chi connectivity index (χ1) is 7.61. The van der Waals surface area contributed by atoms with Crippen molar-refractivity contribution in [1.29, 1.82) is 0 Å². The van der Waals surface area contributed by atoms with Gasteiger partial charge in [-0.15, -0.1) is 0 Å². The van der Waals surface area contributed by atoms with Gasteiger partial charge in [0.05, 0.1) is 11.2 Å². The van der Waals surface area contributed by atoms with Crippen molar-refractivity contribution in [3.8, 4) is 0 Å². The minimum absolute atomic E-state index is 0.200. The van der Waals surface area contributed by atoms with E-state index in [1.54, 1.807) is 24.3 Å². The first kappa shape index (κ1) is 10.6. The van der Waals surface area contributed by atoms with E-state index in [2.05, 4.69) is 10.2 Å². The van der Waals surface area contributed by atoms with Crippen LogP contribution in [0.3, 0.4) is 0 Å². The molecule has 0 fully saturated rings. The molecule has 6 heteroatoms. The number of aliphatic carboxylic acids is 1. The van der Waals surface area contributed by atoms with Gasteiger partial charge >= 0.3 is 5.97 Å². The van der Waals surface area contributed by atoms with Gasteiger partial charge in [-0.3, -0.25) is 5.10 Å². The molecule has 4 N–H and O–H groups in total. The number of aliphatic hydroxyl groups excluding tert-OH is 2. The Balaban J connectivity index is 2.44. The van der Waals surface area contributed by atoms with Gasteiger partial charge in [-0.2, -0.15) is 5.10 Å². The monoisotopic (exact) mass is 222 g/mol. The maximum atomic E-state index is 10.5. The maximum absolute atomic E-state index is 10.5. The van der Waals surface area contributed by atoms with Crippen molar-refractivity contribution in [2.45, 2.75) is 12.2 Å². The third-order valence-electron chi connectivity index (χ3n) is 2.34. The molecular formula is C10H10N2O4. The number of aromatic nitrogens is 2. The number of para-hydroxylation sites is 1. The van der Waals surface area contributed by atoms with Crippen molar-refractivity contribution >= 4 is 16.9 Å². The Morgan fingerprint density at radius 2 is 2.00 bits per heavy atom. The summed E-state index contributed by atoms with van der Waals surface area (Å²) in [5.41, 5.74) is 0.805. The molecule has 0 bridgehead atoms. The van der Waals surface area contributed by atoms with Crippen LogP contribution < -0.4 is 0 Å². The molecule has 0 saturated heterocycles. The van der Waals surface area contributed by atoms with Gasteiger partial charge in [-0.1, -0.05) is 18.2 Å². The van der Waals surface area contributed by atoms with Crippen LogP contribution >= 0.6 is 0 Å². The third kappa shape index (κ3) is 1.64. The number of H-pyrrole nitrogens is 1. The minimum Gasteiger partial charge on any atom is -0.479 e. The molecule has 0 aliphatic carbocycles. The zero-order chi connectivity index (χ0) is 11.7. The number of nitrogens with one attached hydrogen (secondary N) is 1. The number of carboxylic acids is 1. The van der Waals surface area contributed by atoms with Crippen molar-refractivity contribution in [2.75, 3.05) is 0 Å². The number of aliphatic hydroxyl groups is 2. The van der Waals surface area contributed by atoms with E-state index in [1.165, 1.54) is 0 Å². The fourth-order valence-electron chi connectivity index (χ4n) is 1.50. The first-order valence-electron chi connectivity index (χ1n) is 4.63. The molecule has 2 rings (SSSR count). The Morgan fingerprint density at radius 3 is 2.69 bits per heavy atom. The van der Waals surface area contributed by atoms with Crippen molar-refractivity contribution in [3.63, 3.8) is 0 Å². The number of hydrogen-bond donors (Lipinski definition) is 4. The zero-order valence-electron chi connectivity index (χ0n) is 8.16. The van der Waals surface area contributed by atoms with Gasteiger partial charge in [0.25, 0.3) is 0 Å². The average Bonchev–Trinajstić information content (AvgIpc) is 2.70. The second-order valence-corrected chi connectivity index (χ2v) is 3.38. The molecular weight excluding hydrogens is 212 g/mol. The van der Waals surface area contributed by atoms with E-state index in [1.807, 2.05) is 0 Å². The third-order valence-corrected chi connectivity index (χ3v) is 2.34. The molecule has 6 nitrogen and oxygen atoms in total. The largest absolute Gasteiger partial charge is 0.479 e. The number of carbonyl (C=O) groups is 1. The van der Waals surface area contributed by atoms with Gasteiger partial charge in [0, 0.05) is 5.39 Å². The van der Waals surface area contributed by atoms with Crippen molar-refractivity contribution in [1.82, 2.24) is 10.2 Å². The Bertz CT molecular complexity index is 522. The molecule has 84 valence electrons. The van der Waals surface area contributed by atoms with Crippen LogP contribution in [0.25, 0.3) is 10.9 Å². The fraction of sp³-hybridized carbons (Fsp3) is 0.200. The lowest BCUT2D eigenvalue weighted by Crippen LogP contribution is -2.27. The molecule has 1 aromatic heterocycles. The van der Waals surface area contributed by atoms with Crippen molar-refractivity contribution in [2.24, 2.45) is 0 Å². The zero-order valence-corrected chi connectivity index (χ0v) is 8.16. The molecule has 0 aliphatic heterocycles. The second-order valence-electron chi connectivity index (χ2n) is 3.38. The molecule has 0 radical (unpaired) electrons. The number of rotatable bonds is 3. The lowest BCUT2D eigenvalue weighted by atomic mass is 10.1. The summed E-state index contributed by atoms with van der Waals surface area (Å²) in [6.45, 7) is 0. The predicted molar refractivity (Wildman–Crippen MR) is 54.7 cm³/mol. The van der Waals surface area contributed by atoms with Gasteiger partial charge in [0.15, 0.2) is 6.10 Å². The molecule has 0 aliphatic rings. The molecule has 16 heavy (non-hydrogen) atoms. The molecule has 1 heterocycles. The average molecular weight is 222 g/mol. The maximum Gasteiger partial charge on any atom is 0.335 e. The number of hydrogen-bond acceptors (Lipinski definition) is 4. The van der Waals surface area contributed by atoms with Crippen molar-refractivity contribution < 1.29 is 20.1 Å². The van der Waals surface area contributed by atoms with E-state index in [9.17, 15) is 15.0 Å². The standard InChI is InChI=1S/C10H10N2O4/c13-8(9(14)10(15)16)7-5-3-1-2-4-6(5)11-12-7/h1-4,8-9,13-14H,(H,11,12)(H,15,16). The quantitative estimate of drug-likeness (QED) is 0.586. The van der Waals surface area contributed by atoms with Crippen LogP contribution in [0.5, 0.6) is 0 Å². The van der Waals surface area contributed by atoms with Crippen LogP contribution in [0.1, 0.15) is 11.8 Å². The van der Waals surface area contributed by atoms with E-state index in [4.69, 9.17) is 5.11 Å². The number of aromatic amines is 1. The lowest BCUT2D eigenvalue weighted by Gasteiger charge is -2.12. The van der Waals surface area contributed by atoms with Gasteiger partial charge in [0.2, 0.25) is 0 Å². The summed E-state index contributed by atoms with van der Waals surface area (Å²) in [7, 11) is 0. The highest BCUT2D eigenvalue weighted by Crippen LogP contribution is 2.23. The van der Waals surface area contributed by atoms with E-state index in [0.717, 1.165) is 0 Å². The minimum atomic E-state index is -1.87. The number of fused-ring (bicyclic) bond motifs is 1. The topological polar surface area (TPSA) is 106 Å². The van der Waals surface area contributed by atoms with Crippen LogP contribution in [0, 0.1) is 0 Å². The van der Waals surface area contributed by atoms with Gasteiger partial charge < -0.3 is 15.3 Å². The highest BCUT2D eigenvalue weighted by molar-refractivity contribution is 5.82. The van der Waals surface area contributed by atoms with Gasteiger partial charge in [0.1, 0.15) is 6.10 Å². The smallest absolute Gasteiger partial charge is 0.335 e. The molecule has 0 amide bonds. The van der Waals surface area contributed by atoms with E-state index >= 15 is 0 Å². The van der Waals surface area contributed by atoms with Crippen LogP contribution in [0.15, 0.2) is 24.3 Å². The Kier molecular flexibility index (Phi) is 2.59. The van der Waals surface area contributed by atoms with Gasteiger partial charge in [-0.25, -0.2) is 4.79 Å². The fourth-order valence-corrected chi connectivity index (χ4v) is 1.50. The SMILES string of the molecule is O=C(O)C(O)C(O)c1[nH]nc2ccccc12. The van der Waals surface area contributed by atoms with Gasteiger partial charge in [-0.05, 0) is 6.07 Å². The van der Waals surface area contributed by atoms with E-state index in [-0.39, 0.29) is 5.69 Å². The summed E-state index contributed by atoms with van der Waals surface area (Å²) in [6, 6.07) is 6.91. The summed E-state index contributed by atoms with van der Waals surface area (Å²) < 4.78 is 0. The number of nitrogens with zero attached hydrogens (tertiary/aromatic N) is 1. The summed E-state index contributed by atoms with van der Waals surface area (Å²) in [4.78, 5) is 10.5. The highest BCUT2D eigenvalue weighted by Gasteiger charge is 2.27. The van der Waals surface area contributed by atoms with Crippen LogP contribution in [-0.2, 0) is 4.79 Å². The normalized spacial score (nSPS) is 14.9. The molecule has 2 unspecified atom stereocenters. The highest BCUT2D eigenvalue weighted by atomic mass is 16.4. The second kappa shape index (κ2) is 3.92. The van der Waals surface area contributed by atoms with Crippen LogP contribution in [0.4, 0.5) is 0 Å². The summed E-state index contributed by atoms with van der Waals surface area (Å²) in [6.07, 6.45) is -3.39. The molecule has 2 atom stereocenters. The molecule has 1 aromatic carbocycles. The summed E-state index contributed by atoms with van der Waals surface area (Å²) in [5, 5.41) is 34.5. The Hall–Kier alpha value is -1.92. The summed E-state index contributed by atoms with van der Waals surface area (Å²) in [5.74, 6) is -1.48. The van der Waals surface area contributed by atoms with E-state index < -0.39 is 18.2 Å². The molecule has 0 spiro atoms. The predicted octanol–water partition coefficient (Wildman–Crippen LogP) is 0.0418. The van der Waals surface area contributed by atoms with Crippen LogP contribution in [-0.4, -0.2) is 37.6 Å².